The number of rotatable bonds is 2. The molecular weight excluding hydrogens is 462 g/mol. The number of nitrogens with two attached hydrogens (primary N) is 1. The second kappa shape index (κ2) is 8.59. The van der Waals surface area contributed by atoms with Crippen molar-refractivity contribution < 1.29 is 19.1 Å². The summed E-state index contributed by atoms with van der Waals surface area (Å²) in [6.07, 6.45) is 3.11. The highest BCUT2D eigenvalue weighted by Gasteiger charge is 2.35. The Bertz CT molecular complexity index is 1420. The molecule has 6 rings (SSSR count). The van der Waals surface area contributed by atoms with E-state index in [0.29, 0.717) is 56.5 Å². The molecule has 0 saturated carbocycles. The molecule has 3 amide bonds. The van der Waals surface area contributed by atoms with Gasteiger partial charge in [-0.15, -0.1) is 0 Å². The van der Waals surface area contributed by atoms with Crippen molar-refractivity contribution in [2.75, 3.05) is 24.1 Å². The molecule has 2 aromatic heterocycles. The van der Waals surface area contributed by atoms with Gasteiger partial charge >= 0.3 is 11.8 Å². The number of pyridine rings is 1. The zero-order valence-electron chi connectivity index (χ0n) is 19.9. The van der Waals surface area contributed by atoms with E-state index in [9.17, 15) is 14.4 Å². The van der Waals surface area contributed by atoms with Crippen LogP contribution in [0.5, 0.6) is 0 Å². The topological polar surface area (TPSA) is 144 Å². The molecule has 1 fully saturated rings. The van der Waals surface area contributed by atoms with Crippen molar-refractivity contribution in [2.24, 2.45) is 5.92 Å². The van der Waals surface area contributed by atoms with E-state index in [2.05, 4.69) is 27.6 Å². The second-order valence-corrected chi connectivity index (χ2v) is 9.72. The third-order valence-electron chi connectivity index (χ3n) is 7.32. The molecule has 5 heterocycles. The molecule has 1 aromatic carbocycles. The Morgan fingerprint density at radius 1 is 1.22 bits per heavy atom. The van der Waals surface area contributed by atoms with Crippen LogP contribution in [0.2, 0.25) is 0 Å². The summed E-state index contributed by atoms with van der Waals surface area (Å²) in [5.41, 5.74) is 10.0. The first-order chi connectivity index (χ1) is 17.4. The largest absolute Gasteiger partial charge is 0.383 e. The lowest BCUT2D eigenvalue weighted by Crippen LogP contribution is -2.46. The Balaban J connectivity index is 1.30. The lowest BCUT2D eigenvalue weighted by Gasteiger charge is -2.38. The minimum Gasteiger partial charge on any atom is -0.383 e. The Morgan fingerprint density at radius 3 is 2.92 bits per heavy atom. The van der Waals surface area contributed by atoms with Gasteiger partial charge in [0.1, 0.15) is 11.5 Å². The average Bonchev–Trinajstić information content (AvgIpc) is 3.51. The molecule has 3 aliphatic heterocycles. The summed E-state index contributed by atoms with van der Waals surface area (Å²) in [4.78, 5) is 44.9. The molecule has 11 nitrogen and oxygen atoms in total. The molecule has 186 valence electrons. The quantitative estimate of drug-likeness (QED) is 0.465. The number of nitrogens with one attached hydrogen (secondary N) is 2. The molecule has 1 saturated heterocycles. The van der Waals surface area contributed by atoms with Crippen molar-refractivity contribution in [1.82, 2.24) is 25.0 Å². The summed E-state index contributed by atoms with van der Waals surface area (Å²) in [7, 11) is 0. The van der Waals surface area contributed by atoms with Crippen molar-refractivity contribution in [3.8, 4) is 0 Å². The number of amides is 3. The van der Waals surface area contributed by atoms with Crippen LogP contribution in [-0.4, -0.2) is 50.5 Å². The van der Waals surface area contributed by atoms with Crippen LogP contribution >= 0.6 is 0 Å². The van der Waals surface area contributed by atoms with Gasteiger partial charge < -0.3 is 26.0 Å². The van der Waals surface area contributed by atoms with Crippen molar-refractivity contribution >= 4 is 40.1 Å². The van der Waals surface area contributed by atoms with Crippen LogP contribution < -0.4 is 16.4 Å². The number of piperidine rings is 1. The first-order valence-corrected chi connectivity index (χ1v) is 12.1. The number of hydrogen-bond acceptors (Lipinski definition) is 7. The van der Waals surface area contributed by atoms with E-state index in [1.54, 1.807) is 9.58 Å². The van der Waals surface area contributed by atoms with Gasteiger partial charge in [0.05, 0.1) is 43.2 Å². The third kappa shape index (κ3) is 3.67. The monoisotopic (exact) mass is 489 g/mol. The van der Waals surface area contributed by atoms with Gasteiger partial charge in [-0.25, -0.2) is 4.98 Å². The van der Waals surface area contributed by atoms with E-state index in [1.165, 1.54) is 6.20 Å². The Hall–Kier alpha value is -3.99. The molecule has 3 aliphatic rings. The predicted molar refractivity (Wildman–Crippen MR) is 131 cm³/mol. The van der Waals surface area contributed by atoms with Gasteiger partial charge in [0.15, 0.2) is 0 Å². The molecule has 0 spiro atoms. The van der Waals surface area contributed by atoms with Crippen LogP contribution in [0.3, 0.4) is 0 Å². The number of carbonyl (C=O) groups excluding carboxylic acids is 3. The van der Waals surface area contributed by atoms with E-state index in [1.807, 2.05) is 18.2 Å². The summed E-state index contributed by atoms with van der Waals surface area (Å²) in [6.45, 7) is 4.33. The number of aromatic nitrogens is 3. The summed E-state index contributed by atoms with van der Waals surface area (Å²) >= 11 is 0. The molecule has 0 bridgehead atoms. The molecule has 4 N–H and O–H groups in total. The SMILES string of the molecule is CC1CCC(c2ccc3nn4c(c3c2)C(=O)NCC4)N(C(=O)C(=O)Nc2cnc(N)c3c2COC3)C1. The third-order valence-corrected chi connectivity index (χ3v) is 7.32. The molecule has 36 heavy (non-hydrogen) atoms. The Morgan fingerprint density at radius 2 is 2.06 bits per heavy atom. The standard InChI is InChI=1S/C25H27N7O4/c1-13-2-5-20(14-3-4-18-15(8-14)21-23(33)27-6-7-32(21)30-18)31(10-13)25(35)24(34)29-19-9-28-22(26)17-12-36-11-16(17)19/h3-4,8-9,13,20H,2,5-7,10-12H2,1H3,(H2,26,28)(H,27,33)(H,29,34). The first kappa shape index (κ1) is 22.5. The van der Waals surface area contributed by atoms with E-state index in [4.69, 9.17) is 10.5 Å². The minimum atomic E-state index is -0.724. The number of ether oxygens (including phenoxy) is 1. The zero-order valence-corrected chi connectivity index (χ0v) is 19.9. The summed E-state index contributed by atoms with van der Waals surface area (Å²) in [6, 6.07) is 5.47. The Kier molecular flexibility index (Phi) is 5.36. The number of nitrogens with zero attached hydrogens (tertiary/aromatic N) is 4. The number of hydrogen-bond donors (Lipinski definition) is 3. The molecule has 2 atom stereocenters. The number of nitrogen functional groups attached to an aromatic ring is 1. The van der Waals surface area contributed by atoms with Crippen LogP contribution in [0.25, 0.3) is 10.9 Å². The van der Waals surface area contributed by atoms with Crippen molar-refractivity contribution in [2.45, 2.75) is 45.6 Å². The van der Waals surface area contributed by atoms with Crippen molar-refractivity contribution in [3.05, 3.63) is 46.8 Å². The van der Waals surface area contributed by atoms with E-state index in [-0.39, 0.29) is 17.9 Å². The zero-order chi connectivity index (χ0) is 25.0. The molecular formula is C25H27N7O4. The second-order valence-electron chi connectivity index (χ2n) is 9.72. The van der Waals surface area contributed by atoms with Gasteiger partial charge in [0.2, 0.25) is 0 Å². The van der Waals surface area contributed by atoms with E-state index < -0.39 is 11.8 Å². The lowest BCUT2D eigenvalue weighted by atomic mass is 9.89. The van der Waals surface area contributed by atoms with Gasteiger partial charge in [-0.3, -0.25) is 19.1 Å². The number of likely N-dealkylation sites (tertiary alicyclic amines) is 1. The first-order valence-electron chi connectivity index (χ1n) is 12.1. The highest BCUT2D eigenvalue weighted by Crippen LogP contribution is 2.36. The summed E-state index contributed by atoms with van der Waals surface area (Å²) in [5.74, 6) is -0.862. The molecule has 0 radical (unpaired) electrons. The van der Waals surface area contributed by atoms with Gasteiger partial charge in [-0.1, -0.05) is 13.0 Å². The number of fused-ring (bicyclic) bond motifs is 4. The van der Waals surface area contributed by atoms with Crippen molar-refractivity contribution in [1.29, 1.82) is 0 Å². The van der Waals surface area contributed by atoms with Gasteiger partial charge in [0.25, 0.3) is 5.91 Å². The van der Waals surface area contributed by atoms with Crippen LogP contribution in [0.15, 0.2) is 24.4 Å². The van der Waals surface area contributed by atoms with E-state index >= 15 is 0 Å². The molecule has 3 aromatic rings. The highest BCUT2D eigenvalue weighted by atomic mass is 16.5. The number of benzene rings is 1. The van der Waals surface area contributed by atoms with Gasteiger partial charge in [-0.2, -0.15) is 5.10 Å². The average molecular weight is 490 g/mol. The van der Waals surface area contributed by atoms with Crippen LogP contribution in [0.4, 0.5) is 11.5 Å². The predicted octanol–water partition coefficient (Wildman–Crippen LogP) is 1.73. The number of carbonyl (C=O) groups is 3. The fourth-order valence-corrected chi connectivity index (χ4v) is 5.44. The lowest BCUT2D eigenvalue weighted by molar-refractivity contribution is -0.146. The normalized spacial score (nSPS) is 21.1. The van der Waals surface area contributed by atoms with Crippen LogP contribution in [0.1, 0.15) is 53.0 Å². The van der Waals surface area contributed by atoms with Gasteiger partial charge in [-0.05, 0) is 36.5 Å². The van der Waals surface area contributed by atoms with Crippen LogP contribution in [-0.2, 0) is 34.1 Å². The van der Waals surface area contributed by atoms with Crippen molar-refractivity contribution in [3.63, 3.8) is 0 Å². The molecule has 2 unspecified atom stereocenters. The maximum absolute atomic E-state index is 13.5. The minimum absolute atomic E-state index is 0.154. The molecule has 11 heteroatoms. The molecule has 0 aliphatic carbocycles. The smallest absolute Gasteiger partial charge is 0.313 e. The highest BCUT2D eigenvalue weighted by molar-refractivity contribution is 6.39. The number of anilines is 2. The maximum Gasteiger partial charge on any atom is 0.313 e. The van der Waals surface area contributed by atoms with Crippen LogP contribution in [0, 0.1) is 5.92 Å². The maximum atomic E-state index is 13.5. The fraction of sp³-hybridized carbons (Fsp3) is 0.400. The summed E-state index contributed by atoms with van der Waals surface area (Å²) in [5, 5.41) is 10.9. The Labute approximate surface area is 207 Å². The van der Waals surface area contributed by atoms with Gasteiger partial charge in [0, 0.05) is 29.6 Å². The summed E-state index contributed by atoms with van der Waals surface area (Å²) < 4.78 is 7.19. The van der Waals surface area contributed by atoms with E-state index in [0.717, 1.165) is 34.0 Å². The fourth-order valence-electron chi connectivity index (χ4n) is 5.44.